The maximum atomic E-state index is 13.1. The molecule has 4 heterocycles. The van der Waals surface area contributed by atoms with Gasteiger partial charge in [0.25, 0.3) is 0 Å². The van der Waals surface area contributed by atoms with Gasteiger partial charge in [-0.2, -0.15) is 26.3 Å². The fourth-order valence-electron chi connectivity index (χ4n) is 5.55. The van der Waals surface area contributed by atoms with Gasteiger partial charge in [-0.05, 0) is 48.5 Å². The molecule has 286 valence electrons. The summed E-state index contributed by atoms with van der Waals surface area (Å²) in [5.41, 5.74) is 6.33. The van der Waals surface area contributed by atoms with Crippen LogP contribution in [0, 0.1) is 0 Å². The third-order valence-electron chi connectivity index (χ3n) is 8.19. The highest BCUT2D eigenvalue weighted by Crippen LogP contribution is 2.42. The van der Waals surface area contributed by atoms with Crippen LogP contribution in [0.25, 0.3) is 42.9 Å². The van der Waals surface area contributed by atoms with Crippen LogP contribution in [0.3, 0.4) is 0 Å². The zero-order chi connectivity index (χ0) is 39.9. The van der Waals surface area contributed by atoms with Gasteiger partial charge in [0.2, 0.25) is 17.7 Å². The minimum atomic E-state index is -4.48. The standard InChI is InChI=1S/C38H22F6N8O3S2/c39-37(40,41)22-11-7-20(8-12-22)24-15-46-17-31(48-24)54-26-3-1-5-28-33(26)50-35(56-28)52(19-30(45)53)36-51-34-27(4-2-6-29(34)57-36)55-32-18-47-16-25(49-32)21-9-13-23(14-10-21)38(42,43)44/h1-18H,19H2,(H2,45,53). The molecular formula is C38H22F6N8O3S2. The lowest BCUT2D eigenvalue weighted by atomic mass is 10.1. The number of alkyl halides is 6. The number of hydrogen-bond donors (Lipinski definition) is 1. The molecule has 0 spiro atoms. The van der Waals surface area contributed by atoms with Crippen LogP contribution in [-0.4, -0.2) is 42.4 Å². The summed E-state index contributed by atoms with van der Waals surface area (Å²) in [4.78, 5) is 40.7. The Morgan fingerprint density at radius 2 is 1.02 bits per heavy atom. The Hall–Kier alpha value is -6.73. The molecule has 57 heavy (non-hydrogen) atoms. The molecule has 8 aromatic rings. The van der Waals surface area contributed by atoms with Gasteiger partial charge in [0.1, 0.15) is 17.6 Å². The number of aromatic nitrogens is 6. The predicted molar refractivity (Wildman–Crippen MR) is 201 cm³/mol. The molecular weight excluding hydrogens is 795 g/mol. The summed E-state index contributed by atoms with van der Waals surface area (Å²) in [6.07, 6.45) is -3.44. The van der Waals surface area contributed by atoms with E-state index >= 15 is 0 Å². The SMILES string of the molecule is NC(=O)CN(c1nc2c(Oc3cncc(-c4ccc(C(F)(F)F)cc4)n3)cccc2s1)c1nc2c(Oc3cncc(-c4ccc(C(F)(F)F)cc4)n3)cccc2s1. The number of carbonyl (C=O) groups is 1. The first-order valence-corrected chi connectivity index (χ1v) is 18.1. The van der Waals surface area contributed by atoms with Crippen molar-refractivity contribution in [2.75, 3.05) is 11.4 Å². The van der Waals surface area contributed by atoms with Crippen LogP contribution >= 0.6 is 22.7 Å². The summed E-state index contributed by atoms with van der Waals surface area (Å²) in [5.74, 6) is 0.0701. The van der Waals surface area contributed by atoms with Crippen molar-refractivity contribution in [3.63, 3.8) is 0 Å². The number of hydrogen-bond acceptors (Lipinski definition) is 12. The average molecular weight is 817 g/mol. The van der Waals surface area contributed by atoms with Crippen molar-refractivity contribution in [1.82, 2.24) is 29.9 Å². The van der Waals surface area contributed by atoms with E-state index in [4.69, 9.17) is 25.2 Å². The number of halogens is 6. The molecule has 8 rings (SSSR count). The monoisotopic (exact) mass is 816 g/mol. The fourth-order valence-corrected chi connectivity index (χ4v) is 7.58. The molecule has 1 amide bonds. The molecule has 0 aliphatic carbocycles. The van der Waals surface area contributed by atoms with Crippen LogP contribution in [0.2, 0.25) is 0 Å². The summed E-state index contributed by atoms with van der Waals surface area (Å²) in [7, 11) is 0. The van der Waals surface area contributed by atoms with E-state index in [-0.39, 0.29) is 29.7 Å². The number of nitrogens with two attached hydrogens (primary N) is 1. The van der Waals surface area contributed by atoms with Gasteiger partial charge in [-0.1, -0.05) is 59.1 Å². The van der Waals surface area contributed by atoms with Crippen LogP contribution in [-0.2, 0) is 17.1 Å². The van der Waals surface area contributed by atoms with Crippen molar-refractivity contribution < 1.29 is 40.6 Å². The highest BCUT2D eigenvalue weighted by molar-refractivity contribution is 7.24. The zero-order valence-electron chi connectivity index (χ0n) is 28.6. The molecule has 4 aromatic heterocycles. The number of benzene rings is 4. The van der Waals surface area contributed by atoms with Crippen molar-refractivity contribution in [1.29, 1.82) is 0 Å². The molecule has 0 fully saturated rings. The van der Waals surface area contributed by atoms with Crippen LogP contribution in [0.15, 0.2) is 110 Å². The third kappa shape index (κ3) is 8.01. The van der Waals surface area contributed by atoms with Gasteiger partial charge >= 0.3 is 12.4 Å². The smallest absolute Gasteiger partial charge is 0.416 e. The number of primary amides is 1. The number of anilines is 2. The molecule has 0 bridgehead atoms. The predicted octanol–water partition coefficient (Wildman–Crippen LogP) is 10.1. The summed E-state index contributed by atoms with van der Waals surface area (Å²) in [5, 5.41) is 0.724. The summed E-state index contributed by atoms with van der Waals surface area (Å²) < 4.78 is 92.0. The topological polar surface area (TPSA) is 142 Å². The molecule has 11 nitrogen and oxygen atoms in total. The van der Waals surface area contributed by atoms with Crippen LogP contribution in [0.1, 0.15) is 11.1 Å². The number of fused-ring (bicyclic) bond motifs is 2. The highest BCUT2D eigenvalue weighted by Gasteiger charge is 2.31. The van der Waals surface area contributed by atoms with Gasteiger partial charge in [0.05, 0.1) is 56.7 Å². The van der Waals surface area contributed by atoms with E-state index < -0.39 is 29.4 Å². The largest absolute Gasteiger partial charge is 0.435 e. The minimum absolute atomic E-state index is 0.0664. The van der Waals surface area contributed by atoms with Gasteiger partial charge in [0.15, 0.2) is 21.8 Å². The van der Waals surface area contributed by atoms with E-state index in [2.05, 4.69) is 19.9 Å². The molecule has 0 aliphatic rings. The maximum Gasteiger partial charge on any atom is 0.416 e. The van der Waals surface area contributed by atoms with Gasteiger partial charge in [-0.25, -0.2) is 19.9 Å². The van der Waals surface area contributed by atoms with E-state index in [0.29, 0.717) is 53.3 Å². The first kappa shape index (κ1) is 37.2. The lowest BCUT2D eigenvalue weighted by Crippen LogP contribution is -2.30. The van der Waals surface area contributed by atoms with E-state index in [1.807, 2.05) is 0 Å². The minimum Gasteiger partial charge on any atom is -0.435 e. The second-order valence-corrected chi connectivity index (χ2v) is 14.1. The lowest BCUT2D eigenvalue weighted by molar-refractivity contribution is -0.138. The third-order valence-corrected chi connectivity index (χ3v) is 10.3. The average Bonchev–Trinajstić information content (AvgIpc) is 3.83. The number of thiazole rings is 2. The quantitative estimate of drug-likeness (QED) is 0.133. The zero-order valence-corrected chi connectivity index (χ0v) is 30.2. The van der Waals surface area contributed by atoms with Gasteiger partial charge in [-0.15, -0.1) is 0 Å². The summed E-state index contributed by atoms with van der Waals surface area (Å²) in [6.45, 7) is -0.284. The van der Waals surface area contributed by atoms with E-state index in [1.54, 1.807) is 41.3 Å². The van der Waals surface area contributed by atoms with Crippen LogP contribution in [0.4, 0.5) is 36.6 Å². The second kappa shape index (κ2) is 14.7. The Bertz CT molecular complexity index is 2580. The second-order valence-electron chi connectivity index (χ2n) is 12.1. The van der Waals surface area contributed by atoms with Crippen molar-refractivity contribution >= 4 is 59.3 Å². The summed E-state index contributed by atoms with van der Waals surface area (Å²) >= 11 is 2.48. The molecule has 0 atom stereocenters. The Morgan fingerprint density at radius 3 is 1.40 bits per heavy atom. The molecule has 0 unspecified atom stereocenters. The van der Waals surface area contributed by atoms with Crippen molar-refractivity contribution in [3.05, 3.63) is 121 Å². The van der Waals surface area contributed by atoms with Crippen molar-refractivity contribution in [2.24, 2.45) is 5.73 Å². The molecule has 19 heteroatoms. The maximum absolute atomic E-state index is 13.1. The first-order chi connectivity index (χ1) is 27.3. The molecule has 0 saturated carbocycles. The Balaban J connectivity index is 1.07. The number of ether oxygens (including phenoxy) is 2. The van der Waals surface area contributed by atoms with Crippen LogP contribution < -0.4 is 20.1 Å². The molecule has 2 N–H and O–H groups in total. The molecule has 4 aromatic carbocycles. The van der Waals surface area contributed by atoms with E-state index in [1.165, 1.54) is 71.7 Å². The van der Waals surface area contributed by atoms with E-state index in [9.17, 15) is 31.1 Å². The lowest BCUT2D eigenvalue weighted by Gasteiger charge is -2.16. The number of carbonyl (C=O) groups excluding carboxylic acids is 1. The van der Waals surface area contributed by atoms with Gasteiger partial charge in [-0.3, -0.25) is 19.7 Å². The van der Waals surface area contributed by atoms with E-state index in [0.717, 1.165) is 24.3 Å². The Kier molecular flexibility index (Phi) is 9.62. The molecule has 0 saturated heterocycles. The first-order valence-electron chi connectivity index (χ1n) is 16.5. The number of nitrogens with zero attached hydrogens (tertiary/aromatic N) is 7. The Morgan fingerprint density at radius 1 is 0.596 bits per heavy atom. The Labute approximate surface area is 325 Å². The van der Waals surface area contributed by atoms with Gasteiger partial charge < -0.3 is 15.2 Å². The van der Waals surface area contributed by atoms with Crippen molar-refractivity contribution in [3.8, 4) is 45.8 Å². The fraction of sp³-hybridized carbons (Fsp3) is 0.0789. The number of amides is 1. The van der Waals surface area contributed by atoms with Gasteiger partial charge in [0, 0.05) is 11.1 Å². The normalized spacial score (nSPS) is 11.9. The number of para-hydroxylation sites is 2. The van der Waals surface area contributed by atoms with Crippen molar-refractivity contribution in [2.45, 2.75) is 12.4 Å². The highest BCUT2D eigenvalue weighted by atomic mass is 32.1. The summed E-state index contributed by atoms with van der Waals surface area (Å²) in [6, 6.07) is 19.4. The van der Waals surface area contributed by atoms with Crippen LogP contribution in [0.5, 0.6) is 23.3 Å². The number of rotatable bonds is 10. The molecule has 0 aliphatic heterocycles. The molecule has 0 radical (unpaired) electrons.